The summed E-state index contributed by atoms with van der Waals surface area (Å²) in [5.41, 5.74) is 2.40. The highest BCUT2D eigenvalue weighted by atomic mass is 32.1. The Kier molecular flexibility index (Phi) is 5.46. The van der Waals surface area contributed by atoms with Crippen LogP contribution in [0.15, 0.2) is 45.9 Å². The van der Waals surface area contributed by atoms with E-state index >= 15 is 0 Å². The van der Waals surface area contributed by atoms with Crippen molar-refractivity contribution in [2.24, 2.45) is 4.99 Å². The molecule has 0 saturated carbocycles. The van der Waals surface area contributed by atoms with Crippen molar-refractivity contribution in [1.29, 1.82) is 0 Å². The molecule has 0 amide bonds. The van der Waals surface area contributed by atoms with Crippen LogP contribution in [0.4, 0.5) is 0 Å². The van der Waals surface area contributed by atoms with Gasteiger partial charge in [0.05, 0.1) is 10.2 Å². The maximum absolute atomic E-state index is 10.6. The van der Waals surface area contributed by atoms with Gasteiger partial charge in [-0.05, 0) is 61.5 Å². The van der Waals surface area contributed by atoms with Gasteiger partial charge in [-0.3, -0.25) is 14.4 Å². The third kappa shape index (κ3) is 4.23. The summed E-state index contributed by atoms with van der Waals surface area (Å²) in [5.74, 6) is -0.739. The minimum atomic E-state index is -0.820. The Hall–Kier alpha value is -2.97. The fourth-order valence-electron chi connectivity index (χ4n) is 3.12. The molecule has 1 aromatic carbocycles. The molecule has 0 bridgehead atoms. The van der Waals surface area contributed by atoms with E-state index in [-0.39, 0.29) is 12.3 Å². The quantitative estimate of drug-likeness (QED) is 0.465. The monoisotopic (exact) mass is 426 g/mol. The van der Waals surface area contributed by atoms with Crippen molar-refractivity contribution < 1.29 is 19.4 Å². The number of aromatic hydroxyl groups is 1. The minimum absolute atomic E-state index is 0.0811. The Morgan fingerprint density at radius 2 is 2.14 bits per heavy atom. The number of fused-ring (bicyclic) bond motifs is 1. The zero-order valence-corrected chi connectivity index (χ0v) is 17.0. The Labute approximate surface area is 174 Å². The first-order valence-electron chi connectivity index (χ1n) is 9.12. The highest BCUT2D eigenvalue weighted by Crippen LogP contribution is 2.27. The molecule has 2 aromatic heterocycles. The first-order chi connectivity index (χ1) is 14.0. The van der Waals surface area contributed by atoms with Crippen LogP contribution in [-0.4, -0.2) is 20.7 Å². The maximum Gasteiger partial charge on any atom is 0.303 e. The SMILES string of the molecule is O=C(O)CCCCn1c(O)c(/C=c2/cc/c(=c3/ccc4c(c3)C=CN=4)o2)sc1=S. The van der Waals surface area contributed by atoms with Crippen molar-refractivity contribution in [1.82, 2.24) is 4.57 Å². The van der Waals surface area contributed by atoms with Gasteiger partial charge in [-0.2, -0.15) is 0 Å². The predicted molar refractivity (Wildman–Crippen MR) is 112 cm³/mol. The standard InChI is InChI=1S/C21H18N2O4S2/c24-19(25)3-1-2-10-23-20(26)18(29-21(23)28)12-15-5-7-17(27-15)14-4-6-16-13(11-14)8-9-22-16/h4-9,11-12,26H,1-3,10H2,(H,24,25)/b15-12-,17-14+. The third-order valence-electron chi connectivity index (χ3n) is 4.60. The summed E-state index contributed by atoms with van der Waals surface area (Å²) in [6.07, 6.45) is 6.77. The molecule has 0 saturated heterocycles. The highest BCUT2D eigenvalue weighted by molar-refractivity contribution is 7.73. The van der Waals surface area contributed by atoms with Gasteiger partial charge in [0.1, 0.15) is 10.8 Å². The van der Waals surface area contributed by atoms with Crippen molar-refractivity contribution in [3.8, 4) is 5.88 Å². The second-order valence-electron chi connectivity index (χ2n) is 6.62. The van der Waals surface area contributed by atoms with E-state index in [1.807, 2.05) is 36.4 Å². The van der Waals surface area contributed by atoms with Gasteiger partial charge in [-0.15, -0.1) is 11.3 Å². The molecule has 0 atom stereocenters. The van der Waals surface area contributed by atoms with Gasteiger partial charge in [0.25, 0.3) is 0 Å². The maximum atomic E-state index is 10.6. The fraction of sp³-hybridized carbons (Fsp3) is 0.190. The number of aliphatic carboxylic acids is 1. The van der Waals surface area contributed by atoms with Gasteiger partial charge in [0, 0.05) is 36.0 Å². The third-order valence-corrected chi connectivity index (χ3v) is 5.98. The molecule has 1 aliphatic heterocycles. The van der Waals surface area contributed by atoms with E-state index in [9.17, 15) is 9.90 Å². The number of carbonyl (C=O) groups is 1. The molecule has 0 radical (unpaired) electrons. The molecular weight excluding hydrogens is 408 g/mol. The first kappa shape index (κ1) is 19.4. The summed E-state index contributed by atoms with van der Waals surface area (Å²) in [4.78, 5) is 15.5. The smallest absolute Gasteiger partial charge is 0.303 e. The number of nitrogens with zero attached hydrogens (tertiary/aromatic N) is 2. The van der Waals surface area contributed by atoms with Gasteiger partial charge in [-0.25, -0.2) is 0 Å². The average molecular weight is 427 g/mol. The molecule has 1 aliphatic rings. The Bertz CT molecular complexity index is 1380. The lowest BCUT2D eigenvalue weighted by atomic mass is 10.2. The summed E-state index contributed by atoms with van der Waals surface area (Å²) in [6.45, 7) is 0.486. The van der Waals surface area contributed by atoms with Crippen molar-refractivity contribution in [3.63, 3.8) is 0 Å². The Morgan fingerprint density at radius 1 is 1.28 bits per heavy atom. The van der Waals surface area contributed by atoms with Crippen molar-refractivity contribution in [3.05, 3.63) is 72.3 Å². The summed E-state index contributed by atoms with van der Waals surface area (Å²) in [6, 6.07) is 9.69. The van der Waals surface area contributed by atoms with E-state index in [0.717, 1.165) is 21.6 Å². The Balaban J connectivity index is 1.63. The molecule has 3 heterocycles. The van der Waals surface area contributed by atoms with Gasteiger partial charge >= 0.3 is 5.97 Å². The largest absolute Gasteiger partial charge is 0.493 e. The molecule has 0 spiro atoms. The van der Waals surface area contributed by atoms with Crippen LogP contribution in [0.3, 0.4) is 0 Å². The van der Waals surface area contributed by atoms with Crippen LogP contribution in [0.5, 0.6) is 5.88 Å². The number of aromatic nitrogens is 1. The number of benzene rings is 1. The molecule has 3 aromatic rings. The highest BCUT2D eigenvalue weighted by Gasteiger charge is 2.10. The topological polar surface area (TPSA) is 88.0 Å². The summed E-state index contributed by atoms with van der Waals surface area (Å²) >= 11 is 6.64. The lowest BCUT2D eigenvalue weighted by Gasteiger charge is -2.03. The van der Waals surface area contributed by atoms with Gasteiger partial charge in [-0.1, -0.05) is 0 Å². The van der Waals surface area contributed by atoms with Crippen LogP contribution in [0.25, 0.3) is 12.2 Å². The number of hydrogen-bond donors (Lipinski definition) is 2. The van der Waals surface area contributed by atoms with Crippen LogP contribution >= 0.6 is 23.6 Å². The average Bonchev–Trinajstić information content (AvgIpc) is 3.40. The van der Waals surface area contributed by atoms with Gasteiger partial charge < -0.3 is 14.6 Å². The zero-order valence-electron chi connectivity index (χ0n) is 15.4. The predicted octanol–water partition coefficient (Wildman–Crippen LogP) is 3.55. The molecular formula is C21H18N2O4S2. The molecule has 0 unspecified atom stereocenters. The number of furan rings is 1. The molecule has 0 aliphatic carbocycles. The van der Waals surface area contributed by atoms with Gasteiger partial charge in [0.2, 0.25) is 5.88 Å². The molecule has 148 valence electrons. The van der Waals surface area contributed by atoms with Crippen LogP contribution < -0.4 is 10.8 Å². The van der Waals surface area contributed by atoms with Crippen LogP contribution in [0, 0.1) is 14.6 Å². The van der Waals surface area contributed by atoms with Crippen LogP contribution in [0.1, 0.15) is 29.7 Å². The van der Waals surface area contributed by atoms with E-state index < -0.39 is 5.97 Å². The van der Waals surface area contributed by atoms with Gasteiger partial charge in [0.15, 0.2) is 3.95 Å². The van der Waals surface area contributed by atoms with E-state index in [0.29, 0.717) is 33.6 Å². The lowest BCUT2D eigenvalue weighted by molar-refractivity contribution is -0.137. The minimum Gasteiger partial charge on any atom is -0.493 e. The normalized spacial score (nSPS) is 14.1. The van der Waals surface area contributed by atoms with Crippen LogP contribution in [0.2, 0.25) is 0 Å². The number of carboxylic acids is 1. The molecule has 29 heavy (non-hydrogen) atoms. The van der Waals surface area contributed by atoms with Crippen molar-refractivity contribution in [2.75, 3.05) is 0 Å². The van der Waals surface area contributed by atoms with Crippen molar-refractivity contribution in [2.45, 2.75) is 25.8 Å². The second-order valence-corrected chi connectivity index (χ2v) is 8.30. The van der Waals surface area contributed by atoms with Crippen LogP contribution in [-0.2, 0) is 11.3 Å². The number of carboxylic acid groups (broad SMARTS) is 1. The Morgan fingerprint density at radius 3 is 2.97 bits per heavy atom. The molecule has 0 fully saturated rings. The summed E-state index contributed by atoms with van der Waals surface area (Å²) in [7, 11) is 0. The fourth-order valence-corrected chi connectivity index (χ4v) is 4.42. The number of thiazole rings is 1. The van der Waals surface area contributed by atoms with Crippen molar-refractivity contribution >= 4 is 41.7 Å². The summed E-state index contributed by atoms with van der Waals surface area (Å²) in [5, 5.41) is 21.1. The molecule has 8 heteroatoms. The first-order valence-corrected chi connectivity index (χ1v) is 10.3. The zero-order chi connectivity index (χ0) is 20.4. The molecule has 2 N–H and O–H groups in total. The van der Waals surface area contributed by atoms with E-state index in [4.69, 9.17) is 21.7 Å². The van der Waals surface area contributed by atoms with E-state index in [2.05, 4.69) is 4.99 Å². The number of hydrogen-bond acceptors (Lipinski definition) is 6. The lowest BCUT2D eigenvalue weighted by Crippen LogP contribution is -2.00. The molecule has 4 rings (SSSR count). The van der Waals surface area contributed by atoms with E-state index in [1.54, 1.807) is 16.8 Å². The second kappa shape index (κ2) is 8.18. The number of unbranched alkanes of at least 4 members (excludes halogenated alkanes) is 1. The number of rotatable bonds is 6. The summed E-state index contributed by atoms with van der Waals surface area (Å²) < 4.78 is 8.12. The molecule has 6 nitrogen and oxygen atoms in total. The van der Waals surface area contributed by atoms with E-state index in [1.165, 1.54) is 11.3 Å².